The van der Waals surface area contributed by atoms with Crippen LogP contribution in [0, 0.1) is 0 Å². The van der Waals surface area contributed by atoms with Crippen molar-refractivity contribution >= 4 is 34.2 Å². The van der Waals surface area contributed by atoms with E-state index >= 15 is 0 Å². The highest BCUT2D eigenvalue weighted by Gasteiger charge is 2.17. The summed E-state index contributed by atoms with van der Waals surface area (Å²) in [7, 11) is 3.00. The topological polar surface area (TPSA) is 77.8 Å². The van der Waals surface area contributed by atoms with Crippen molar-refractivity contribution in [2.24, 2.45) is 0 Å². The van der Waals surface area contributed by atoms with E-state index in [-0.39, 0.29) is 11.1 Å². The zero-order chi connectivity index (χ0) is 18.0. The van der Waals surface area contributed by atoms with Crippen molar-refractivity contribution in [2.75, 3.05) is 19.5 Å². The summed E-state index contributed by atoms with van der Waals surface area (Å²) < 4.78 is 15.5. The first kappa shape index (κ1) is 16.9. The van der Waals surface area contributed by atoms with Gasteiger partial charge in [0.05, 0.1) is 24.9 Å². The third-order valence-corrected chi connectivity index (χ3v) is 3.91. The molecule has 0 fully saturated rings. The zero-order valence-electron chi connectivity index (χ0n) is 13.5. The number of para-hydroxylation sites is 1. The van der Waals surface area contributed by atoms with Gasteiger partial charge in [0, 0.05) is 11.5 Å². The third-order valence-electron chi connectivity index (χ3n) is 3.61. The molecular weight excluding hydrogens is 346 g/mol. The van der Waals surface area contributed by atoms with Gasteiger partial charge in [-0.2, -0.15) is 0 Å². The van der Waals surface area contributed by atoms with Crippen molar-refractivity contribution in [3.63, 3.8) is 0 Å². The van der Waals surface area contributed by atoms with Crippen LogP contribution in [0.3, 0.4) is 0 Å². The van der Waals surface area contributed by atoms with Gasteiger partial charge in [0.1, 0.15) is 17.1 Å². The highest BCUT2D eigenvalue weighted by molar-refractivity contribution is 6.34. The number of nitrogens with one attached hydrogen (secondary N) is 1. The summed E-state index contributed by atoms with van der Waals surface area (Å²) in [5.41, 5.74) is -0.259. The summed E-state index contributed by atoms with van der Waals surface area (Å²) in [6, 6.07) is 11.4. The lowest BCUT2D eigenvalue weighted by Crippen LogP contribution is -2.21. The minimum atomic E-state index is -0.773. The fourth-order valence-corrected chi connectivity index (χ4v) is 2.58. The molecule has 0 aliphatic carbocycles. The summed E-state index contributed by atoms with van der Waals surface area (Å²) in [6.07, 6.45) is 0. The van der Waals surface area contributed by atoms with Crippen LogP contribution < -0.4 is 20.4 Å². The monoisotopic (exact) mass is 359 g/mol. The van der Waals surface area contributed by atoms with E-state index in [1.54, 1.807) is 36.4 Å². The predicted molar refractivity (Wildman–Crippen MR) is 95.0 cm³/mol. The zero-order valence-corrected chi connectivity index (χ0v) is 14.2. The van der Waals surface area contributed by atoms with Crippen LogP contribution in [0.4, 0.5) is 5.69 Å². The van der Waals surface area contributed by atoms with Gasteiger partial charge in [-0.05, 0) is 24.3 Å². The number of ether oxygens (including phenoxy) is 2. The molecule has 6 nitrogen and oxygen atoms in total. The molecule has 1 N–H and O–H groups in total. The minimum absolute atomic E-state index is 0.132. The molecule has 1 amide bonds. The highest BCUT2D eigenvalue weighted by atomic mass is 35.5. The van der Waals surface area contributed by atoms with E-state index in [9.17, 15) is 9.59 Å². The van der Waals surface area contributed by atoms with Crippen molar-refractivity contribution in [3.8, 4) is 11.5 Å². The fourth-order valence-electron chi connectivity index (χ4n) is 2.36. The smallest absolute Gasteiger partial charge is 0.349 e. The van der Waals surface area contributed by atoms with Gasteiger partial charge in [0.15, 0.2) is 5.58 Å². The second-order valence-electron chi connectivity index (χ2n) is 5.13. The number of methoxy groups -OCH3 is 2. The Hall–Kier alpha value is -2.99. The Morgan fingerprint density at radius 1 is 1.12 bits per heavy atom. The number of anilines is 1. The van der Waals surface area contributed by atoms with Gasteiger partial charge < -0.3 is 19.2 Å². The molecule has 128 valence electrons. The molecule has 0 radical (unpaired) electrons. The number of benzene rings is 2. The molecule has 0 aliphatic heterocycles. The number of fused-ring (bicyclic) bond motifs is 1. The average Bonchev–Trinajstić information content (AvgIpc) is 2.62. The molecule has 2 aromatic carbocycles. The lowest BCUT2D eigenvalue weighted by atomic mass is 10.1. The van der Waals surface area contributed by atoms with Crippen molar-refractivity contribution in [2.45, 2.75) is 0 Å². The second kappa shape index (κ2) is 6.86. The number of hydrogen-bond acceptors (Lipinski definition) is 5. The molecule has 0 aliphatic rings. The van der Waals surface area contributed by atoms with Crippen LogP contribution in [0.25, 0.3) is 11.0 Å². The van der Waals surface area contributed by atoms with Gasteiger partial charge in [-0.15, -0.1) is 0 Å². The Kier molecular flexibility index (Phi) is 4.63. The first-order chi connectivity index (χ1) is 12.0. The molecule has 0 bridgehead atoms. The van der Waals surface area contributed by atoms with Gasteiger partial charge >= 0.3 is 5.63 Å². The van der Waals surface area contributed by atoms with E-state index in [1.807, 2.05) is 0 Å². The van der Waals surface area contributed by atoms with E-state index in [4.69, 9.17) is 25.5 Å². The molecule has 0 saturated heterocycles. The third kappa shape index (κ3) is 3.29. The fraction of sp³-hybridized carbons (Fsp3) is 0.111. The Labute approximate surface area is 147 Å². The lowest BCUT2D eigenvalue weighted by molar-refractivity contribution is 0.102. The molecule has 0 spiro atoms. The Morgan fingerprint density at radius 3 is 2.64 bits per heavy atom. The normalized spacial score (nSPS) is 10.5. The molecule has 1 heterocycles. The maximum absolute atomic E-state index is 12.5. The molecule has 0 atom stereocenters. The van der Waals surface area contributed by atoms with Gasteiger partial charge in [0.2, 0.25) is 0 Å². The van der Waals surface area contributed by atoms with E-state index < -0.39 is 11.5 Å². The van der Waals surface area contributed by atoms with E-state index in [2.05, 4.69) is 5.32 Å². The molecule has 25 heavy (non-hydrogen) atoms. The molecule has 7 heteroatoms. The largest absolute Gasteiger partial charge is 0.497 e. The van der Waals surface area contributed by atoms with Crippen molar-refractivity contribution < 1.29 is 18.7 Å². The average molecular weight is 360 g/mol. The van der Waals surface area contributed by atoms with Crippen LogP contribution in [0.1, 0.15) is 10.4 Å². The Balaban J connectivity index is 1.98. The predicted octanol–water partition coefficient (Wildman–Crippen LogP) is 3.72. The number of rotatable bonds is 4. The molecule has 0 unspecified atom stereocenters. The van der Waals surface area contributed by atoms with Gasteiger partial charge in [-0.1, -0.05) is 23.7 Å². The van der Waals surface area contributed by atoms with Crippen LogP contribution in [-0.2, 0) is 0 Å². The highest BCUT2D eigenvalue weighted by Crippen LogP contribution is 2.29. The maximum atomic E-state index is 12.5. The molecule has 3 aromatic rings. The maximum Gasteiger partial charge on any atom is 0.349 e. The van der Waals surface area contributed by atoms with Crippen LogP contribution >= 0.6 is 11.6 Å². The van der Waals surface area contributed by atoms with E-state index in [1.165, 1.54) is 20.3 Å². The van der Waals surface area contributed by atoms with E-state index in [0.29, 0.717) is 27.6 Å². The van der Waals surface area contributed by atoms with Crippen molar-refractivity contribution in [3.05, 3.63) is 63.5 Å². The van der Waals surface area contributed by atoms with E-state index in [0.717, 1.165) is 0 Å². The number of hydrogen-bond donors (Lipinski definition) is 1. The SMILES string of the molecule is COc1ccc(NC(=O)c2cc3cccc(Cl)c3oc2=O)c(OC)c1. The summed E-state index contributed by atoms with van der Waals surface area (Å²) in [4.78, 5) is 24.6. The summed E-state index contributed by atoms with van der Waals surface area (Å²) in [5, 5.41) is 3.50. The Bertz CT molecular complexity index is 1010. The van der Waals surface area contributed by atoms with Crippen LogP contribution in [0.5, 0.6) is 11.5 Å². The second-order valence-corrected chi connectivity index (χ2v) is 5.53. The minimum Gasteiger partial charge on any atom is -0.497 e. The molecule has 3 rings (SSSR count). The summed E-state index contributed by atoms with van der Waals surface area (Å²) in [5.74, 6) is 0.370. The quantitative estimate of drug-likeness (QED) is 0.718. The van der Waals surface area contributed by atoms with Crippen molar-refractivity contribution in [1.29, 1.82) is 0 Å². The van der Waals surface area contributed by atoms with Gasteiger partial charge in [-0.3, -0.25) is 4.79 Å². The first-order valence-corrected chi connectivity index (χ1v) is 7.67. The number of carbonyl (C=O) groups is 1. The summed E-state index contributed by atoms with van der Waals surface area (Å²) in [6.45, 7) is 0. The van der Waals surface area contributed by atoms with Crippen LogP contribution in [0.15, 0.2) is 51.7 Å². The first-order valence-electron chi connectivity index (χ1n) is 7.29. The van der Waals surface area contributed by atoms with Crippen LogP contribution in [-0.4, -0.2) is 20.1 Å². The summed E-state index contributed by atoms with van der Waals surface area (Å²) >= 11 is 6.00. The molecule has 1 aromatic heterocycles. The lowest BCUT2D eigenvalue weighted by Gasteiger charge is -2.11. The molecule has 0 saturated carbocycles. The van der Waals surface area contributed by atoms with Gasteiger partial charge in [0.25, 0.3) is 5.91 Å². The van der Waals surface area contributed by atoms with Crippen LogP contribution in [0.2, 0.25) is 5.02 Å². The number of halogens is 1. The number of amides is 1. The number of carbonyl (C=O) groups excluding carboxylic acids is 1. The van der Waals surface area contributed by atoms with Gasteiger partial charge in [-0.25, -0.2) is 4.79 Å². The van der Waals surface area contributed by atoms with Crippen molar-refractivity contribution in [1.82, 2.24) is 0 Å². The Morgan fingerprint density at radius 2 is 1.92 bits per heavy atom. The molecular formula is C18H14ClNO5. The standard InChI is InChI=1S/C18H14ClNO5/c1-23-11-6-7-14(15(9-11)24-2)20-17(21)12-8-10-4-3-5-13(19)16(10)25-18(12)22/h3-9H,1-2H3,(H,20,21).